The highest BCUT2D eigenvalue weighted by Crippen LogP contribution is 2.29. The van der Waals surface area contributed by atoms with Gasteiger partial charge in [-0.1, -0.05) is 29.8 Å². The molecule has 0 heterocycles. The standard InChI is InChI=1S/C14H21Br2NO2S/c1-9(2)5-6-11(4)17-20(18,19)14-8-12(15)10(3)7-13(14)16/h7-9,11,17H,5-6H2,1-4H3. The Kier molecular flexibility index (Phi) is 6.70. The highest BCUT2D eigenvalue weighted by molar-refractivity contribution is 9.11. The Bertz CT molecular complexity index is 571. The van der Waals surface area contributed by atoms with E-state index in [9.17, 15) is 8.42 Å². The number of nitrogens with one attached hydrogen (secondary N) is 1. The molecule has 0 aromatic heterocycles. The summed E-state index contributed by atoms with van der Waals surface area (Å²) in [7, 11) is -3.50. The average Bonchev–Trinajstić information content (AvgIpc) is 2.30. The second-order valence-corrected chi connectivity index (χ2v) is 8.92. The Morgan fingerprint density at radius 1 is 1.10 bits per heavy atom. The number of hydrogen-bond acceptors (Lipinski definition) is 2. The van der Waals surface area contributed by atoms with E-state index in [0.29, 0.717) is 10.4 Å². The van der Waals surface area contributed by atoms with Gasteiger partial charge in [0.05, 0.1) is 4.90 Å². The predicted octanol–water partition coefficient (Wildman–Crippen LogP) is 4.62. The Hall–Kier alpha value is 0.0900. The lowest BCUT2D eigenvalue weighted by atomic mass is 10.1. The number of aryl methyl sites for hydroxylation is 1. The van der Waals surface area contributed by atoms with E-state index in [4.69, 9.17) is 0 Å². The van der Waals surface area contributed by atoms with Crippen LogP contribution in [0.15, 0.2) is 26.0 Å². The first-order valence-corrected chi connectivity index (χ1v) is 9.68. The van der Waals surface area contributed by atoms with Gasteiger partial charge in [0.25, 0.3) is 0 Å². The van der Waals surface area contributed by atoms with Crippen LogP contribution in [0.1, 0.15) is 39.2 Å². The van der Waals surface area contributed by atoms with Crippen LogP contribution >= 0.6 is 31.9 Å². The van der Waals surface area contributed by atoms with Gasteiger partial charge in [-0.25, -0.2) is 13.1 Å². The predicted molar refractivity (Wildman–Crippen MR) is 90.4 cm³/mol. The maximum absolute atomic E-state index is 12.4. The minimum atomic E-state index is -3.50. The lowest BCUT2D eigenvalue weighted by Gasteiger charge is -2.16. The molecule has 1 unspecified atom stereocenters. The van der Waals surface area contributed by atoms with Crippen molar-refractivity contribution in [3.8, 4) is 0 Å². The molecular formula is C14H21Br2NO2S. The van der Waals surface area contributed by atoms with Crippen LogP contribution < -0.4 is 4.72 Å². The fraction of sp³-hybridized carbons (Fsp3) is 0.571. The highest BCUT2D eigenvalue weighted by Gasteiger charge is 2.21. The summed E-state index contributed by atoms with van der Waals surface area (Å²) < 4.78 is 28.9. The van der Waals surface area contributed by atoms with Crippen LogP contribution in [-0.2, 0) is 10.0 Å². The number of benzene rings is 1. The number of hydrogen-bond donors (Lipinski definition) is 1. The van der Waals surface area contributed by atoms with Crippen molar-refractivity contribution in [1.82, 2.24) is 4.72 Å². The first-order valence-electron chi connectivity index (χ1n) is 6.61. The maximum atomic E-state index is 12.4. The van der Waals surface area contributed by atoms with E-state index >= 15 is 0 Å². The van der Waals surface area contributed by atoms with Crippen molar-refractivity contribution in [2.75, 3.05) is 0 Å². The van der Waals surface area contributed by atoms with Crippen LogP contribution in [0, 0.1) is 12.8 Å². The summed E-state index contributed by atoms with van der Waals surface area (Å²) in [6, 6.07) is 3.36. The lowest BCUT2D eigenvalue weighted by Crippen LogP contribution is -2.33. The lowest BCUT2D eigenvalue weighted by molar-refractivity contribution is 0.485. The van der Waals surface area contributed by atoms with Gasteiger partial charge in [-0.2, -0.15) is 0 Å². The molecule has 0 aliphatic rings. The fourth-order valence-corrected chi connectivity index (χ4v) is 4.76. The van der Waals surface area contributed by atoms with Gasteiger partial charge < -0.3 is 0 Å². The second-order valence-electron chi connectivity index (χ2n) is 5.53. The van der Waals surface area contributed by atoms with Crippen molar-refractivity contribution in [1.29, 1.82) is 0 Å². The van der Waals surface area contributed by atoms with E-state index in [0.717, 1.165) is 22.9 Å². The van der Waals surface area contributed by atoms with Crippen LogP contribution in [-0.4, -0.2) is 14.5 Å². The average molecular weight is 427 g/mol. The van der Waals surface area contributed by atoms with Crippen molar-refractivity contribution in [3.63, 3.8) is 0 Å². The fourth-order valence-electron chi connectivity index (χ4n) is 1.80. The molecule has 0 amide bonds. The van der Waals surface area contributed by atoms with Gasteiger partial charge in [-0.3, -0.25) is 0 Å². The van der Waals surface area contributed by atoms with Gasteiger partial charge in [-0.05, 0) is 66.2 Å². The van der Waals surface area contributed by atoms with Gasteiger partial charge >= 0.3 is 0 Å². The molecule has 1 aromatic rings. The molecule has 1 aromatic carbocycles. The van der Waals surface area contributed by atoms with E-state index < -0.39 is 10.0 Å². The zero-order chi connectivity index (χ0) is 15.5. The number of sulfonamides is 1. The Labute approximate surface area is 138 Å². The molecule has 0 aliphatic carbocycles. The van der Waals surface area contributed by atoms with Crippen molar-refractivity contribution >= 4 is 41.9 Å². The SMILES string of the molecule is Cc1cc(Br)c(S(=O)(=O)NC(C)CCC(C)C)cc1Br. The molecule has 0 aliphatic heterocycles. The third kappa shape index (κ3) is 5.13. The zero-order valence-electron chi connectivity index (χ0n) is 12.2. The molecule has 0 saturated carbocycles. The molecule has 1 atom stereocenters. The Morgan fingerprint density at radius 3 is 2.25 bits per heavy atom. The van der Waals surface area contributed by atoms with Crippen LogP contribution in [0.2, 0.25) is 0 Å². The molecule has 114 valence electrons. The van der Waals surface area contributed by atoms with Gasteiger partial charge in [0.15, 0.2) is 0 Å². The van der Waals surface area contributed by atoms with E-state index in [1.54, 1.807) is 12.1 Å². The molecule has 3 nitrogen and oxygen atoms in total. The molecule has 0 bridgehead atoms. The van der Waals surface area contributed by atoms with Crippen molar-refractivity contribution in [2.24, 2.45) is 5.92 Å². The highest BCUT2D eigenvalue weighted by atomic mass is 79.9. The molecular weight excluding hydrogens is 406 g/mol. The van der Waals surface area contributed by atoms with Crippen molar-refractivity contribution < 1.29 is 8.42 Å². The van der Waals surface area contributed by atoms with Crippen LogP contribution in [0.5, 0.6) is 0 Å². The summed E-state index contributed by atoms with van der Waals surface area (Å²) >= 11 is 6.70. The molecule has 6 heteroatoms. The van der Waals surface area contributed by atoms with Gasteiger partial charge in [0, 0.05) is 15.0 Å². The quantitative estimate of drug-likeness (QED) is 0.720. The summed E-state index contributed by atoms with van der Waals surface area (Å²) in [5.41, 5.74) is 0.990. The molecule has 0 spiro atoms. The Balaban J connectivity index is 2.92. The van der Waals surface area contributed by atoms with E-state index in [-0.39, 0.29) is 10.9 Å². The third-order valence-corrected chi connectivity index (χ3v) is 6.44. The molecule has 0 radical (unpaired) electrons. The summed E-state index contributed by atoms with van der Waals surface area (Å²) in [6.07, 6.45) is 1.84. The Morgan fingerprint density at radius 2 is 1.70 bits per heavy atom. The second kappa shape index (κ2) is 7.38. The van der Waals surface area contributed by atoms with Gasteiger partial charge in [0.1, 0.15) is 0 Å². The normalized spacial score (nSPS) is 13.8. The van der Waals surface area contributed by atoms with E-state index in [1.807, 2.05) is 13.8 Å². The van der Waals surface area contributed by atoms with Crippen LogP contribution in [0.3, 0.4) is 0 Å². The molecule has 0 saturated heterocycles. The largest absolute Gasteiger partial charge is 0.241 e. The van der Waals surface area contributed by atoms with Crippen molar-refractivity contribution in [3.05, 3.63) is 26.6 Å². The maximum Gasteiger partial charge on any atom is 0.241 e. The number of rotatable bonds is 6. The number of halogens is 2. The summed E-state index contributed by atoms with van der Waals surface area (Å²) in [5, 5.41) is 0. The van der Waals surface area contributed by atoms with Crippen LogP contribution in [0.25, 0.3) is 0 Å². The molecule has 0 fully saturated rings. The summed E-state index contributed by atoms with van der Waals surface area (Å²) in [4.78, 5) is 0.270. The molecule has 20 heavy (non-hydrogen) atoms. The minimum Gasteiger partial charge on any atom is -0.208 e. The monoisotopic (exact) mass is 425 g/mol. The molecule has 1 rings (SSSR count). The van der Waals surface area contributed by atoms with Crippen LogP contribution in [0.4, 0.5) is 0 Å². The van der Waals surface area contributed by atoms with Gasteiger partial charge in [-0.15, -0.1) is 0 Å². The third-order valence-electron chi connectivity index (χ3n) is 3.04. The van der Waals surface area contributed by atoms with Crippen molar-refractivity contribution in [2.45, 2.75) is 51.5 Å². The summed E-state index contributed by atoms with van der Waals surface area (Å²) in [6.45, 7) is 8.09. The first kappa shape index (κ1) is 18.1. The minimum absolute atomic E-state index is 0.0746. The smallest absolute Gasteiger partial charge is 0.208 e. The molecule has 1 N–H and O–H groups in total. The zero-order valence-corrected chi connectivity index (χ0v) is 16.2. The van der Waals surface area contributed by atoms with E-state index in [2.05, 4.69) is 50.4 Å². The summed E-state index contributed by atoms with van der Waals surface area (Å²) in [5.74, 6) is 0.571. The topological polar surface area (TPSA) is 46.2 Å². The first-order chi connectivity index (χ1) is 9.13. The van der Waals surface area contributed by atoms with Gasteiger partial charge in [0.2, 0.25) is 10.0 Å². The van der Waals surface area contributed by atoms with E-state index in [1.165, 1.54) is 0 Å².